The zero-order chi connectivity index (χ0) is 13.1. The van der Waals surface area contributed by atoms with E-state index < -0.39 is 17.5 Å². The summed E-state index contributed by atoms with van der Waals surface area (Å²) in [6.45, 7) is 0. The molecule has 92 valence electrons. The molecule has 0 aliphatic heterocycles. The lowest BCUT2D eigenvalue weighted by molar-refractivity contribution is 0.447. The summed E-state index contributed by atoms with van der Waals surface area (Å²) in [5.74, 6) is -4.02. The van der Waals surface area contributed by atoms with E-state index in [1.807, 2.05) is 0 Å². The third kappa shape index (κ3) is 2.51. The molecule has 0 aliphatic carbocycles. The Balaban J connectivity index is 2.39. The Morgan fingerprint density at radius 2 is 1.50 bits per heavy atom. The maximum atomic E-state index is 13.0. The summed E-state index contributed by atoms with van der Waals surface area (Å²) in [7, 11) is 0. The molecular formula is C13H9F3N2. The van der Waals surface area contributed by atoms with E-state index in [1.165, 1.54) is 0 Å². The molecule has 0 atom stereocenters. The lowest BCUT2D eigenvalue weighted by Crippen LogP contribution is -2.12. The number of hydrogen-bond donors (Lipinski definition) is 1. The van der Waals surface area contributed by atoms with Crippen molar-refractivity contribution in [2.24, 2.45) is 10.7 Å². The molecule has 0 bridgehead atoms. The van der Waals surface area contributed by atoms with E-state index in [0.717, 1.165) is 12.1 Å². The minimum Gasteiger partial charge on any atom is -0.383 e. The summed E-state index contributed by atoms with van der Waals surface area (Å²) in [5, 5.41) is 0. The van der Waals surface area contributed by atoms with E-state index in [0.29, 0.717) is 5.56 Å². The molecular weight excluding hydrogens is 241 g/mol. The van der Waals surface area contributed by atoms with Crippen LogP contribution in [-0.2, 0) is 0 Å². The summed E-state index contributed by atoms with van der Waals surface area (Å²) in [6.07, 6.45) is 0. The maximum Gasteiger partial charge on any atom is 0.194 e. The van der Waals surface area contributed by atoms with Gasteiger partial charge < -0.3 is 5.73 Å². The zero-order valence-electron chi connectivity index (χ0n) is 9.20. The van der Waals surface area contributed by atoms with Crippen LogP contribution in [-0.4, -0.2) is 5.84 Å². The molecule has 2 nitrogen and oxygen atoms in total. The summed E-state index contributed by atoms with van der Waals surface area (Å²) in [4.78, 5) is 3.84. The fourth-order valence-electron chi connectivity index (χ4n) is 1.42. The van der Waals surface area contributed by atoms with Crippen LogP contribution in [0, 0.1) is 17.5 Å². The molecule has 0 spiro atoms. The largest absolute Gasteiger partial charge is 0.383 e. The van der Waals surface area contributed by atoms with Crippen molar-refractivity contribution >= 4 is 11.5 Å². The molecule has 5 heteroatoms. The van der Waals surface area contributed by atoms with Gasteiger partial charge in [0.05, 0.1) is 5.69 Å². The van der Waals surface area contributed by atoms with Crippen LogP contribution in [0.15, 0.2) is 47.5 Å². The predicted octanol–water partition coefficient (Wildman–Crippen LogP) is 3.14. The first kappa shape index (κ1) is 12.2. The number of amidine groups is 1. The minimum atomic E-state index is -1.52. The number of benzene rings is 2. The van der Waals surface area contributed by atoms with E-state index in [1.54, 1.807) is 30.3 Å². The van der Waals surface area contributed by atoms with Crippen molar-refractivity contribution in [1.82, 2.24) is 0 Å². The topological polar surface area (TPSA) is 38.4 Å². The third-order valence-corrected chi connectivity index (χ3v) is 2.29. The van der Waals surface area contributed by atoms with E-state index in [9.17, 15) is 13.2 Å². The molecule has 0 radical (unpaired) electrons. The van der Waals surface area contributed by atoms with Crippen molar-refractivity contribution in [3.63, 3.8) is 0 Å². The highest BCUT2D eigenvalue weighted by molar-refractivity contribution is 5.98. The van der Waals surface area contributed by atoms with Gasteiger partial charge >= 0.3 is 0 Å². The highest BCUT2D eigenvalue weighted by Crippen LogP contribution is 2.20. The normalized spacial score (nSPS) is 11.6. The zero-order valence-corrected chi connectivity index (χ0v) is 9.20. The molecule has 2 N–H and O–H groups in total. The Kier molecular flexibility index (Phi) is 3.32. The van der Waals surface area contributed by atoms with Gasteiger partial charge in [0.2, 0.25) is 0 Å². The van der Waals surface area contributed by atoms with Gasteiger partial charge in [-0.3, -0.25) is 0 Å². The van der Waals surface area contributed by atoms with Crippen molar-refractivity contribution in [2.75, 3.05) is 0 Å². The van der Waals surface area contributed by atoms with Crippen molar-refractivity contribution in [1.29, 1.82) is 0 Å². The van der Waals surface area contributed by atoms with Crippen LogP contribution in [0.5, 0.6) is 0 Å². The van der Waals surface area contributed by atoms with E-state index >= 15 is 0 Å². The molecule has 0 aliphatic rings. The van der Waals surface area contributed by atoms with Crippen LogP contribution >= 0.6 is 0 Å². The third-order valence-electron chi connectivity index (χ3n) is 2.29. The molecule has 0 fully saturated rings. The Morgan fingerprint density at radius 1 is 0.944 bits per heavy atom. The first-order valence-corrected chi connectivity index (χ1v) is 5.12. The van der Waals surface area contributed by atoms with Crippen LogP contribution in [0.25, 0.3) is 0 Å². The van der Waals surface area contributed by atoms with Crippen molar-refractivity contribution in [2.45, 2.75) is 0 Å². The number of nitrogens with two attached hydrogens (primary N) is 1. The maximum absolute atomic E-state index is 13.0. The molecule has 0 saturated carbocycles. The van der Waals surface area contributed by atoms with Crippen LogP contribution in [0.3, 0.4) is 0 Å². The molecule has 0 unspecified atom stereocenters. The standard InChI is InChI=1S/C13H9F3N2/c14-10-6-9(7-11(15)12(10)16)18-13(17)8-4-2-1-3-5-8/h1-7H,(H2,17,18). The highest BCUT2D eigenvalue weighted by Gasteiger charge is 2.10. The second-order valence-electron chi connectivity index (χ2n) is 3.59. The molecule has 0 aromatic heterocycles. The Morgan fingerprint density at radius 3 is 2.06 bits per heavy atom. The molecule has 2 rings (SSSR count). The molecule has 0 heterocycles. The van der Waals surface area contributed by atoms with Crippen molar-refractivity contribution < 1.29 is 13.2 Å². The van der Waals surface area contributed by atoms with E-state index in [-0.39, 0.29) is 11.5 Å². The number of aliphatic imine (C=N–C) groups is 1. The fourth-order valence-corrected chi connectivity index (χ4v) is 1.42. The monoisotopic (exact) mass is 250 g/mol. The molecule has 2 aromatic rings. The van der Waals surface area contributed by atoms with Gasteiger partial charge in [0.25, 0.3) is 0 Å². The molecule has 0 saturated heterocycles. The first-order valence-electron chi connectivity index (χ1n) is 5.12. The SMILES string of the molecule is NC(=Nc1cc(F)c(F)c(F)c1)c1ccccc1. The van der Waals surface area contributed by atoms with Gasteiger partial charge in [-0.05, 0) is 0 Å². The summed E-state index contributed by atoms with van der Waals surface area (Å²) < 4.78 is 38.7. The van der Waals surface area contributed by atoms with Crippen molar-refractivity contribution in [3.05, 3.63) is 65.5 Å². The first-order chi connectivity index (χ1) is 8.58. The lowest BCUT2D eigenvalue weighted by atomic mass is 10.2. The summed E-state index contributed by atoms with van der Waals surface area (Å²) >= 11 is 0. The Bertz CT molecular complexity index is 571. The van der Waals surface area contributed by atoms with E-state index in [2.05, 4.69) is 4.99 Å². The predicted molar refractivity (Wildman–Crippen MR) is 63.1 cm³/mol. The van der Waals surface area contributed by atoms with Gasteiger partial charge in [-0.2, -0.15) is 0 Å². The van der Waals surface area contributed by atoms with Gasteiger partial charge in [0.1, 0.15) is 5.84 Å². The quantitative estimate of drug-likeness (QED) is 0.496. The number of hydrogen-bond acceptors (Lipinski definition) is 1. The highest BCUT2D eigenvalue weighted by atomic mass is 19.2. The smallest absolute Gasteiger partial charge is 0.194 e. The van der Waals surface area contributed by atoms with Gasteiger partial charge in [-0.25, -0.2) is 18.2 Å². The average Bonchev–Trinajstić information content (AvgIpc) is 2.37. The number of halogens is 3. The van der Waals surface area contributed by atoms with Gasteiger partial charge in [-0.1, -0.05) is 30.3 Å². The lowest BCUT2D eigenvalue weighted by Gasteiger charge is -2.02. The number of rotatable bonds is 2. The van der Waals surface area contributed by atoms with Gasteiger partial charge in [0.15, 0.2) is 17.5 Å². The number of nitrogens with zero attached hydrogens (tertiary/aromatic N) is 1. The second kappa shape index (κ2) is 4.91. The van der Waals surface area contributed by atoms with Gasteiger partial charge in [-0.15, -0.1) is 0 Å². The Labute approximate surface area is 102 Å². The molecule has 0 amide bonds. The van der Waals surface area contributed by atoms with Gasteiger partial charge in [0, 0.05) is 17.7 Å². The fraction of sp³-hybridized carbons (Fsp3) is 0. The Hall–Kier alpha value is -2.30. The molecule has 18 heavy (non-hydrogen) atoms. The average molecular weight is 250 g/mol. The summed E-state index contributed by atoms with van der Waals surface area (Å²) in [6, 6.07) is 10.3. The molecule has 2 aromatic carbocycles. The van der Waals surface area contributed by atoms with Crippen molar-refractivity contribution in [3.8, 4) is 0 Å². The van der Waals surface area contributed by atoms with Crippen LogP contribution < -0.4 is 5.73 Å². The summed E-state index contributed by atoms with van der Waals surface area (Å²) in [5.41, 5.74) is 6.21. The van der Waals surface area contributed by atoms with Crippen LogP contribution in [0.4, 0.5) is 18.9 Å². The van der Waals surface area contributed by atoms with E-state index in [4.69, 9.17) is 5.73 Å². The van der Waals surface area contributed by atoms with Crippen LogP contribution in [0.1, 0.15) is 5.56 Å². The second-order valence-corrected chi connectivity index (χ2v) is 3.59. The minimum absolute atomic E-state index is 0.0762. The van der Waals surface area contributed by atoms with Crippen LogP contribution in [0.2, 0.25) is 0 Å².